The zero-order chi connectivity index (χ0) is 24.5. The number of para-hydroxylation sites is 2. The van der Waals surface area contributed by atoms with Gasteiger partial charge in [0.15, 0.2) is 11.9 Å². The van der Waals surface area contributed by atoms with E-state index < -0.39 is 22.1 Å². The van der Waals surface area contributed by atoms with E-state index in [0.717, 1.165) is 4.31 Å². The van der Waals surface area contributed by atoms with Gasteiger partial charge in [0.05, 0.1) is 32.1 Å². The molecule has 0 bridgehead atoms. The standard InChI is InChI=1S/C24H20ClN3O5S/c1-15(22-26-21-11-7-6-10-18(21)23(29)27-22)33-24(30)19-14-17(12-13-20(19)25)34(31,32)28(2)16-8-4-3-5-9-16/h3-15H,1-2H3,(H,26,27,29)/t15-/m1/s1. The van der Waals surface area contributed by atoms with E-state index in [2.05, 4.69) is 9.97 Å². The van der Waals surface area contributed by atoms with Crippen LogP contribution in [0.3, 0.4) is 0 Å². The van der Waals surface area contributed by atoms with E-state index in [4.69, 9.17) is 16.3 Å². The molecular formula is C24H20ClN3O5S. The van der Waals surface area contributed by atoms with Gasteiger partial charge in [-0.25, -0.2) is 18.2 Å². The van der Waals surface area contributed by atoms with Crippen LogP contribution < -0.4 is 9.86 Å². The fourth-order valence-electron chi connectivity index (χ4n) is 3.33. The number of aromatic amines is 1. The summed E-state index contributed by atoms with van der Waals surface area (Å²) in [5.41, 5.74) is 0.429. The van der Waals surface area contributed by atoms with E-state index in [9.17, 15) is 18.0 Å². The Labute approximate surface area is 200 Å². The van der Waals surface area contributed by atoms with Gasteiger partial charge >= 0.3 is 5.97 Å². The number of H-pyrrole nitrogens is 1. The lowest BCUT2D eigenvalue weighted by molar-refractivity contribution is 0.0320. The largest absolute Gasteiger partial charge is 0.451 e. The SMILES string of the molecule is C[C@@H](OC(=O)c1cc(S(=O)(=O)N(C)c2ccccc2)ccc1Cl)c1nc2ccccc2c(=O)[nH]1. The summed E-state index contributed by atoms with van der Waals surface area (Å²) in [5, 5.41) is 0.437. The first kappa shape index (κ1) is 23.5. The lowest BCUT2D eigenvalue weighted by Crippen LogP contribution is -2.26. The van der Waals surface area contributed by atoms with Crippen LogP contribution in [-0.4, -0.2) is 31.4 Å². The molecule has 0 aliphatic heterocycles. The van der Waals surface area contributed by atoms with E-state index >= 15 is 0 Å². The minimum absolute atomic E-state index is 0.0264. The number of carbonyl (C=O) groups excluding carboxylic acids is 1. The number of esters is 1. The fraction of sp³-hybridized carbons (Fsp3) is 0.125. The van der Waals surface area contributed by atoms with E-state index in [1.165, 1.54) is 25.2 Å². The molecule has 0 saturated carbocycles. The van der Waals surface area contributed by atoms with Crippen molar-refractivity contribution in [3.05, 3.63) is 99.6 Å². The molecule has 34 heavy (non-hydrogen) atoms. The number of benzene rings is 3. The summed E-state index contributed by atoms with van der Waals surface area (Å²) < 4.78 is 32.8. The maximum absolute atomic E-state index is 13.1. The van der Waals surface area contributed by atoms with Crippen molar-refractivity contribution < 1.29 is 17.9 Å². The molecule has 1 heterocycles. The third kappa shape index (κ3) is 4.52. The Balaban J connectivity index is 1.62. The average molecular weight is 498 g/mol. The Morgan fingerprint density at radius 1 is 1.06 bits per heavy atom. The maximum atomic E-state index is 13.1. The number of nitrogens with one attached hydrogen (secondary N) is 1. The molecule has 174 valence electrons. The normalized spacial score (nSPS) is 12.3. The number of nitrogens with zero attached hydrogens (tertiary/aromatic N) is 2. The predicted molar refractivity (Wildman–Crippen MR) is 130 cm³/mol. The second-order valence-electron chi connectivity index (χ2n) is 7.47. The molecule has 4 rings (SSSR count). The number of fused-ring (bicyclic) bond motifs is 1. The molecule has 0 aliphatic carbocycles. The average Bonchev–Trinajstić information content (AvgIpc) is 2.84. The second-order valence-corrected chi connectivity index (χ2v) is 9.84. The van der Waals surface area contributed by atoms with Crippen LogP contribution in [0, 0.1) is 0 Å². The van der Waals surface area contributed by atoms with Crippen LogP contribution in [0.15, 0.2) is 82.5 Å². The third-order valence-electron chi connectivity index (χ3n) is 5.24. The summed E-state index contributed by atoms with van der Waals surface area (Å²) in [6.07, 6.45) is -0.923. The molecule has 10 heteroatoms. The Morgan fingerprint density at radius 3 is 2.47 bits per heavy atom. The molecule has 0 spiro atoms. The zero-order valence-electron chi connectivity index (χ0n) is 18.2. The number of halogens is 1. The maximum Gasteiger partial charge on any atom is 0.340 e. The molecule has 0 radical (unpaired) electrons. The van der Waals surface area contributed by atoms with Crippen molar-refractivity contribution in [3.8, 4) is 0 Å². The van der Waals surface area contributed by atoms with Crippen LogP contribution in [0.4, 0.5) is 5.69 Å². The summed E-state index contributed by atoms with van der Waals surface area (Å²) in [6, 6.07) is 19.1. The van der Waals surface area contributed by atoms with Gasteiger partial charge in [0, 0.05) is 7.05 Å². The molecule has 8 nitrogen and oxygen atoms in total. The summed E-state index contributed by atoms with van der Waals surface area (Å²) >= 11 is 6.19. The molecule has 1 atom stereocenters. The van der Waals surface area contributed by atoms with Crippen molar-refractivity contribution in [2.75, 3.05) is 11.4 Å². The first-order valence-electron chi connectivity index (χ1n) is 10.2. The van der Waals surface area contributed by atoms with Gasteiger partial charge in [0.1, 0.15) is 0 Å². The van der Waals surface area contributed by atoms with E-state index in [0.29, 0.717) is 16.6 Å². The van der Waals surface area contributed by atoms with Gasteiger partial charge in [-0.2, -0.15) is 0 Å². The first-order valence-corrected chi connectivity index (χ1v) is 12.0. The van der Waals surface area contributed by atoms with Gasteiger partial charge in [0.25, 0.3) is 15.6 Å². The second kappa shape index (κ2) is 9.28. The van der Waals surface area contributed by atoms with Crippen molar-refractivity contribution >= 4 is 44.2 Å². The summed E-state index contributed by atoms with van der Waals surface area (Å²) in [5.74, 6) is -0.700. The quantitative estimate of drug-likeness (QED) is 0.397. The summed E-state index contributed by atoms with van der Waals surface area (Å²) in [6.45, 7) is 1.54. The number of anilines is 1. The molecule has 1 aromatic heterocycles. The van der Waals surface area contributed by atoms with Crippen LogP contribution in [0.1, 0.15) is 29.2 Å². The lowest BCUT2D eigenvalue weighted by atomic mass is 10.2. The number of hydrogen-bond donors (Lipinski definition) is 1. The van der Waals surface area contributed by atoms with Crippen LogP contribution >= 0.6 is 11.6 Å². The molecule has 0 aliphatic rings. The number of sulfonamides is 1. The highest BCUT2D eigenvalue weighted by molar-refractivity contribution is 7.92. The molecular weight excluding hydrogens is 478 g/mol. The van der Waals surface area contributed by atoms with Gasteiger partial charge < -0.3 is 9.72 Å². The number of ether oxygens (including phenoxy) is 1. The highest BCUT2D eigenvalue weighted by Gasteiger charge is 2.25. The summed E-state index contributed by atoms with van der Waals surface area (Å²) in [7, 11) is -2.55. The molecule has 0 saturated heterocycles. The highest BCUT2D eigenvalue weighted by atomic mass is 35.5. The van der Waals surface area contributed by atoms with Gasteiger partial charge in [-0.1, -0.05) is 41.9 Å². The highest BCUT2D eigenvalue weighted by Crippen LogP contribution is 2.27. The predicted octanol–water partition coefficient (Wildman–Crippen LogP) is 4.32. The van der Waals surface area contributed by atoms with Gasteiger partial charge in [0.2, 0.25) is 0 Å². The number of aromatic nitrogens is 2. The van der Waals surface area contributed by atoms with Gasteiger partial charge in [-0.15, -0.1) is 0 Å². The fourth-order valence-corrected chi connectivity index (χ4v) is 4.75. The Bertz CT molecular complexity index is 1540. The monoisotopic (exact) mass is 497 g/mol. The van der Waals surface area contributed by atoms with Crippen molar-refractivity contribution in [2.45, 2.75) is 17.9 Å². The van der Waals surface area contributed by atoms with Gasteiger partial charge in [-0.3, -0.25) is 9.10 Å². The Hall–Kier alpha value is -3.69. The first-order chi connectivity index (χ1) is 16.2. The van der Waals surface area contributed by atoms with Crippen LogP contribution in [0.5, 0.6) is 0 Å². The number of carbonyl (C=O) groups is 1. The topological polar surface area (TPSA) is 109 Å². The van der Waals surface area contributed by atoms with Crippen LogP contribution in [-0.2, 0) is 14.8 Å². The van der Waals surface area contributed by atoms with Crippen molar-refractivity contribution in [1.29, 1.82) is 0 Å². The van der Waals surface area contributed by atoms with Gasteiger partial charge in [-0.05, 0) is 49.4 Å². The molecule has 4 aromatic rings. The minimum atomic E-state index is -3.97. The van der Waals surface area contributed by atoms with E-state index in [1.807, 2.05) is 0 Å². The molecule has 3 aromatic carbocycles. The number of hydrogen-bond acceptors (Lipinski definition) is 6. The Kier molecular flexibility index (Phi) is 6.41. The number of rotatable bonds is 6. The molecule has 1 N–H and O–H groups in total. The summed E-state index contributed by atoms with van der Waals surface area (Å²) in [4.78, 5) is 32.0. The van der Waals surface area contributed by atoms with Crippen LogP contribution in [0.2, 0.25) is 5.02 Å². The molecule has 0 unspecified atom stereocenters. The van der Waals surface area contributed by atoms with Crippen molar-refractivity contribution in [2.24, 2.45) is 0 Å². The van der Waals surface area contributed by atoms with Crippen molar-refractivity contribution in [1.82, 2.24) is 9.97 Å². The smallest absolute Gasteiger partial charge is 0.340 e. The lowest BCUT2D eigenvalue weighted by Gasteiger charge is -2.20. The third-order valence-corrected chi connectivity index (χ3v) is 7.35. The molecule has 0 fully saturated rings. The van der Waals surface area contributed by atoms with Crippen molar-refractivity contribution in [3.63, 3.8) is 0 Å². The Morgan fingerprint density at radius 2 is 1.74 bits per heavy atom. The zero-order valence-corrected chi connectivity index (χ0v) is 19.8. The van der Waals surface area contributed by atoms with Crippen LogP contribution in [0.25, 0.3) is 10.9 Å². The minimum Gasteiger partial charge on any atom is -0.451 e. The molecule has 0 amide bonds. The van der Waals surface area contributed by atoms with E-state index in [1.54, 1.807) is 61.5 Å². The van der Waals surface area contributed by atoms with E-state index in [-0.39, 0.29) is 26.9 Å².